The third-order valence-corrected chi connectivity index (χ3v) is 3.62. The minimum Gasteiger partial charge on any atom is -0.317 e. The summed E-state index contributed by atoms with van der Waals surface area (Å²) in [5, 5.41) is 3.23. The molecule has 1 aromatic rings. The number of Topliss-reactive ketones (excluding diaryl/α,β-unsaturated/α-hetero) is 1. The number of carbonyl (C=O) groups excluding carboxylic acids is 1. The van der Waals surface area contributed by atoms with Gasteiger partial charge >= 0.3 is 0 Å². The molecule has 92 valence electrons. The van der Waals surface area contributed by atoms with Gasteiger partial charge in [0.15, 0.2) is 5.78 Å². The molecule has 0 bridgehead atoms. The zero-order chi connectivity index (χ0) is 12.5. The van der Waals surface area contributed by atoms with Crippen LogP contribution < -0.4 is 5.32 Å². The Balaban J connectivity index is 2.32. The van der Waals surface area contributed by atoms with E-state index in [4.69, 9.17) is 0 Å². The molecule has 0 spiro atoms. The number of ketones is 1. The van der Waals surface area contributed by atoms with Crippen molar-refractivity contribution in [2.24, 2.45) is 5.41 Å². The van der Waals surface area contributed by atoms with Crippen molar-refractivity contribution in [2.75, 3.05) is 13.1 Å². The molecule has 0 amide bonds. The molecule has 1 aliphatic heterocycles. The summed E-state index contributed by atoms with van der Waals surface area (Å²) in [5.41, 5.74) is 0.751. The Morgan fingerprint density at radius 2 is 2.00 bits per heavy atom. The van der Waals surface area contributed by atoms with Crippen molar-refractivity contribution in [1.29, 1.82) is 0 Å². The molecule has 0 aliphatic carbocycles. The molecular weight excluding hydrogens is 217 g/mol. The maximum Gasteiger partial charge on any atom is 0.171 e. The molecule has 0 atom stereocenters. The molecule has 3 heteroatoms. The highest BCUT2D eigenvalue weighted by atomic mass is 19.1. The Morgan fingerprint density at radius 3 is 2.65 bits per heavy atom. The lowest BCUT2D eigenvalue weighted by Gasteiger charge is -2.32. The van der Waals surface area contributed by atoms with E-state index in [0.717, 1.165) is 31.5 Å². The summed E-state index contributed by atoms with van der Waals surface area (Å²) in [6.07, 6.45) is 1.55. The molecule has 2 rings (SSSR count). The van der Waals surface area contributed by atoms with Gasteiger partial charge in [-0.3, -0.25) is 4.79 Å². The average molecular weight is 235 g/mol. The highest BCUT2D eigenvalue weighted by Gasteiger charge is 2.36. The quantitative estimate of drug-likeness (QED) is 0.798. The Morgan fingerprint density at radius 1 is 1.35 bits per heavy atom. The summed E-state index contributed by atoms with van der Waals surface area (Å²) in [4.78, 5) is 12.4. The van der Waals surface area contributed by atoms with Gasteiger partial charge in [0.25, 0.3) is 0 Å². The van der Waals surface area contributed by atoms with E-state index >= 15 is 0 Å². The predicted octanol–water partition coefficient (Wildman–Crippen LogP) is 2.71. The van der Waals surface area contributed by atoms with Gasteiger partial charge in [-0.05, 0) is 45.0 Å². The third kappa shape index (κ3) is 2.39. The summed E-state index contributed by atoms with van der Waals surface area (Å²) >= 11 is 0. The first-order valence-electron chi connectivity index (χ1n) is 6.05. The molecule has 0 radical (unpaired) electrons. The number of hydrogen-bond donors (Lipinski definition) is 1. The van der Waals surface area contributed by atoms with Gasteiger partial charge in [-0.2, -0.15) is 0 Å². The Labute approximate surface area is 101 Å². The predicted molar refractivity (Wildman–Crippen MR) is 65.7 cm³/mol. The van der Waals surface area contributed by atoms with Crippen molar-refractivity contribution in [3.63, 3.8) is 0 Å². The number of halogens is 1. The van der Waals surface area contributed by atoms with Crippen LogP contribution in [0.4, 0.5) is 4.39 Å². The number of benzene rings is 1. The molecule has 0 unspecified atom stereocenters. The fraction of sp³-hybridized carbons (Fsp3) is 0.500. The molecule has 0 aromatic heterocycles. The first-order chi connectivity index (χ1) is 8.03. The van der Waals surface area contributed by atoms with Crippen molar-refractivity contribution in [3.05, 3.63) is 35.1 Å². The first-order valence-corrected chi connectivity index (χ1v) is 6.05. The largest absolute Gasteiger partial charge is 0.317 e. The molecule has 1 heterocycles. The lowest BCUT2D eigenvalue weighted by atomic mass is 9.75. The Kier molecular flexibility index (Phi) is 3.29. The molecule has 2 nitrogen and oxygen atoms in total. The molecule has 1 fully saturated rings. The van der Waals surface area contributed by atoms with Crippen LogP contribution in [-0.2, 0) is 0 Å². The lowest BCUT2D eigenvalue weighted by molar-refractivity contribution is 0.0757. The number of piperidine rings is 1. The number of nitrogens with one attached hydrogen (secondary N) is 1. The minimum absolute atomic E-state index is 0.0554. The van der Waals surface area contributed by atoms with Crippen LogP contribution in [0.15, 0.2) is 18.2 Å². The summed E-state index contributed by atoms with van der Waals surface area (Å²) in [6.45, 7) is 5.48. The summed E-state index contributed by atoms with van der Waals surface area (Å²) in [7, 11) is 0. The summed E-state index contributed by atoms with van der Waals surface area (Å²) < 4.78 is 13.7. The van der Waals surface area contributed by atoms with Crippen LogP contribution >= 0.6 is 0 Å². The maximum absolute atomic E-state index is 13.7. The van der Waals surface area contributed by atoms with E-state index in [0.29, 0.717) is 0 Å². The van der Waals surface area contributed by atoms with E-state index in [1.165, 1.54) is 6.07 Å². The number of rotatable bonds is 2. The van der Waals surface area contributed by atoms with Crippen LogP contribution in [0, 0.1) is 18.2 Å². The van der Waals surface area contributed by atoms with Crippen molar-refractivity contribution in [2.45, 2.75) is 26.7 Å². The average Bonchev–Trinajstić information content (AvgIpc) is 2.32. The van der Waals surface area contributed by atoms with Crippen molar-refractivity contribution in [3.8, 4) is 0 Å². The minimum atomic E-state index is -0.417. The fourth-order valence-corrected chi connectivity index (χ4v) is 2.34. The molecule has 0 saturated carbocycles. The number of hydrogen-bond acceptors (Lipinski definition) is 2. The van der Waals surface area contributed by atoms with Gasteiger partial charge in [0, 0.05) is 5.41 Å². The number of aryl methyl sites for hydroxylation is 1. The van der Waals surface area contributed by atoms with Crippen LogP contribution in [0.5, 0.6) is 0 Å². The van der Waals surface area contributed by atoms with Gasteiger partial charge in [-0.25, -0.2) is 4.39 Å². The van der Waals surface area contributed by atoms with Gasteiger partial charge in [-0.15, -0.1) is 0 Å². The van der Waals surface area contributed by atoms with E-state index in [1.54, 1.807) is 12.1 Å². The second-order valence-corrected chi connectivity index (χ2v) is 5.12. The zero-order valence-corrected chi connectivity index (χ0v) is 10.3. The Hall–Kier alpha value is -1.22. The first kappa shape index (κ1) is 12.2. The number of carbonyl (C=O) groups is 1. The topological polar surface area (TPSA) is 29.1 Å². The van der Waals surface area contributed by atoms with Gasteiger partial charge < -0.3 is 5.32 Å². The van der Waals surface area contributed by atoms with E-state index < -0.39 is 11.2 Å². The molecule has 1 N–H and O–H groups in total. The maximum atomic E-state index is 13.7. The summed E-state index contributed by atoms with van der Waals surface area (Å²) in [5.74, 6) is -0.458. The molecule has 1 aromatic carbocycles. The van der Waals surface area contributed by atoms with Crippen molar-refractivity contribution in [1.82, 2.24) is 5.32 Å². The van der Waals surface area contributed by atoms with Crippen LogP contribution in [0.25, 0.3) is 0 Å². The van der Waals surface area contributed by atoms with Crippen LogP contribution in [0.2, 0.25) is 0 Å². The van der Waals surface area contributed by atoms with Crippen LogP contribution in [0.1, 0.15) is 35.7 Å². The monoisotopic (exact) mass is 235 g/mol. The van der Waals surface area contributed by atoms with Gasteiger partial charge in [0.05, 0.1) is 5.56 Å². The van der Waals surface area contributed by atoms with Gasteiger partial charge in [0.1, 0.15) is 5.82 Å². The Bertz CT molecular complexity index is 436. The molecule has 1 aliphatic rings. The second kappa shape index (κ2) is 4.57. The van der Waals surface area contributed by atoms with Crippen molar-refractivity contribution < 1.29 is 9.18 Å². The SMILES string of the molecule is Cc1ccc(F)c(C(=O)C2(C)CCNCC2)c1. The van der Waals surface area contributed by atoms with Gasteiger partial charge in [-0.1, -0.05) is 18.6 Å². The molecule has 17 heavy (non-hydrogen) atoms. The highest BCUT2D eigenvalue weighted by molar-refractivity contribution is 6.00. The van der Waals surface area contributed by atoms with Crippen LogP contribution in [-0.4, -0.2) is 18.9 Å². The standard InChI is InChI=1S/C14H18FNO/c1-10-3-4-12(15)11(9-10)13(17)14(2)5-7-16-8-6-14/h3-4,9,16H,5-8H2,1-2H3. The smallest absolute Gasteiger partial charge is 0.171 e. The van der Waals surface area contributed by atoms with Crippen molar-refractivity contribution >= 4 is 5.78 Å². The molecule has 1 saturated heterocycles. The van der Waals surface area contributed by atoms with E-state index in [-0.39, 0.29) is 11.3 Å². The molecular formula is C14H18FNO. The van der Waals surface area contributed by atoms with E-state index in [1.807, 2.05) is 13.8 Å². The second-order valence-electron chi connectivity index (χ2n) is 5.12. The van der Waals surface area contributed by atoms with Gasteiger partial charge in [0.2, 0.25) is 0 Å². The third-order valence-electron chi connectivity index (χ3n) is 3.62. The van der Waals surface area contributed by atoms with E-state index in [9.17, 15) is 9.18 Å². The lowest BCUT2D eigenvalue weighted by Crippen LogP contribution is -2.40. The van der Waals surface area contributed by atoms with Crippen LogP contribution in [0.3, 0.4) is 0 Å². The normalized spacial score (nSPS) is 19.0. The zero-order valence-electron chi connectivity index (χ0n) is 10.3. The fourth-order valence-electron chi connectivity index (χ4n) is 2.34. The highest BCUT2D eigenvalue weighted by Crippen LogP contribution is 2.33. The summed E-state index contributed by atoms with van der Waals surface area (Å²) in [6, 6.07) is 4.73. The van der Waals surface area contributed by atoms with E-state index in [2.05, 4.69) is 5.32 Å².